The Labute approximate surface area is 252 Å². The van der Waals surface area contributed by atoms with Crippen molar-refractivity contribution in [2.75, 3.05) is 4.90 Å². The number of para-hydroxylation sites is 1. The number of aromatic hydroxyl groups is 1. The maximum atomic E-state index is 10.6. The van der Waals surface area contributed by atoms with Gasteiger partial charge in [0.25, 0.3) is 0 Å². The van der Waals surface area contributed by atoms with Gasteiger partial charge in [0.1, 0.15) is 5.82 Å². The quantitative estimate of drug-likeness (QED) is 0.185. The molecular formula is C35H34N3OPt-. The summed E-state index contributed by atoms with van der Waals surface area (Å²) >= 11 is 0. The second-order valence-corrected chi connectivity index (χ2v) is 11.1. The van der Waals surface area contributed by atoms with Crippen LogP contribution in [0.25, 0.3) is 22.5 Å². The molecule has 3 aromatic carbocycles. The van der Waals surface area contributed by atoms with Crippen LogP contribution in [-0.4, -0.2) is 15.1 Å². The number of phenols is 1. The molecule has 5 heteroatoms. The zero-order valence-corrected chi connectivity index (χ0v) is 26.0. The van der Waals surface area contributed by atoms with E-state index in [1.807, 2.05) is 79.7 Å². The third kappa shape index (κ3) is 6.03. The Kier molecular flexibility index (Phi) is 8.61. The second kappa shape index (κ2) is 11.8. The number of nitrogens with zero attached hydrogens (tertiary/aromatic N) is 3. The second-order valence-electron chi connectivity index (χ2n) is 11.1. The molecule has 5 aromatic rings. The van der Waals surface area contributed by atoms with E-state index in [1.165, 1.54) is 5.56 Å². The predicted octanol–water partition coefficient (Wildman–Crippen LogP) is 9.01. The summed E-state index contributed by atoms with van der Waals surface area (Å²) in [4.78, 5) is 12.0. The standard InChI is InChI=1S/C35H34N3O.Pt/c1-23-20-27(35(4,5)6)21-24(2)34(23)38(28-14-10-13-26(22-28)29-15-7-8-18-32(29)39)33-19-11-17-31(37-33)30-16-9-12-25(3)36-30;/h7-21,39H,1-6H3;/q-1;. The van der Waals surface area contributed by atoms with Crippen LogP contribution in [0.2, 0.25) is 0 Å². The summed E-state index contributed by atoms with van der Waals surface area (Å²) in [6, 6.07) is 33.5. The van der Waals surface area contributed by atoms with Crippen molar-refractivity contribution in [2.45, 2.75) is 47.0 Å². The van der Waals surface area contributed by atoms with E-state index >= 15 is 0 Å². The van der Waals surface area contributed by atoms with Gasteiger partial charge in [0, 0.05) is 26.8 Å². The third-order valence-corrected chi connectivity index (χ3v) is 6.91. The van der Waals surface area contributed by atoms with Gasteiger partial charge in [-0.15, -0.1) is 29.8 Å². The molecule has 2 heterocycles. The molecule has 0 fully saturated rings. The van der Waals surface area contributed by atoms with E-state index in [9.17, 15) is 5.11 Å². The van der Waals surface area contributed by atoms with Gasteiger partial charge in [-0.1, -0.05) is 68.8 Å². The van der Waals surface area contributed by atoms with Crippen molar-refractivity contribution in [3.05, 3.63) is 119 Å². The fourth-order valence-electron chi connectivity index (χ4n) is 4.92. The van der Waals surface area contributed by atoms with E-state index in [1.54, 1.807) is 6.07 Å². The van der Waals surface area contributed by atoms with Crippen molar-refractivity contribution in [2.24, 2.45) is 0 Å². The Morgan fingerprint density at radius 1 is 0.725 bits per heavy atom. The molecule has 40 heavy (non-hydrogen) atoms. The van der Waals surface area contributed by atoms with Gasteiger partial charge in [0.15, 0.2) is 0 Å². The zero-order chi connectivity index (χ0) is 27.7. The van der Waals surface area contributed by atoms with Crippen molar-refractivity contribution in [3.63, 3.8) is 0 Å². The molecule has 0 amide bonds. The summed E-state index contributed by atoms with van der Waals surface area (Å²) in [7, 11) is 0. The number of aryl methyl sites for hydroxylation is 3. The molecule has 5 rings (SSSR count). The molecule has 0 saturated heterocycles. The van der Waals surface area contributed by atoms with Gasteiger partial charge in [-0.05, 0) is 78.9 Å². The first kappa shape index (κ1) is 29.2. The van der Waals surface area contributed by atoms with Gasteiger partial charge < -0.3 is 10.0 Å². The summed E-state index contributed by atoms with van der Waals surface area (Å²) in [5.41, 5.74) is 9.68. The molecule has 0 unspecified atom stereocenters. The van der Waals surface area contributed by atoms with Gasteiger partial charge >= 0.3 is 0 Å². The zero-order valence-electron chi connectivity index (χ0n) is 23.8. The van der Waals surface area contributed by atoms with Crippen molar-refractivity contribution < 1.29 is 26.2 Å². The van der Waals surface area contributed by atoms with Crippen molar-refractivity contribution in [1.82, 2.24) is 9.97 Å². The number of rotatable bonds is 5. The fraction of sp³-hybridized carbons (Fsp3) is 0.200. The van der Waals surface area contributed by atoms with E-state index in [0.29, 0.717) is 0 Å². The predicted molar refractivity (Wildman–Crippen MR) is 161 cm³/mol. The molecular weight excluding hydrogens is 673 g/mol. The first-order valence-corrected chi connectivity index (χ1v) is 13.3. The van der Waals surface area contributed by atoms with E-state index in [4.69, 9.17) is 9.97 Å². The van der Waals surface area contributed by atoms with Gasteiger partial charge in [0.2, 0.25) is 0 Å². The molecule has 4 nitrogen and oxygen atoms in total. The van der Waals surface area contributed by atoms with Gasteiger partial charge in [0.05, 0.1) is 22.8 Å². The minimum atomic E-state index is 0. The van der Waals surface area contributed by atoms with Crippen molar-refractivity contribution >= 4 is 17.2 Å². The average molecular weight is 708 g/mol. The molecule has 0 aliphatic carbocycles. The number of benzene rings is 3. The minimum Gasteiger partial charge on any atom is -0.517 e. The summed E-state index contributed by atoms with van der Waals surface area (Å²) in [5, 5.41) is 10.6. The summed E-state index contributed by atoms with van der Waals surface area (Å²) in [6.07, 6.45) is 0. The number of hydrogen-bond donors (Lipinski definition) is 1. The molecule has 0 saturated carbocycles. The molecule has 206 valence electrons. The summed E-state index contributed by atoms with van der Waals surface area (Å²) in [5.74, 6) is 1.00. The van der Waals surface area contributed by atoms with Crippen LogP contribution in [0.4, 0.5) is 17.2 Å². The first-order valence-electron chi connectivity index (χ1n) is 13.3. The Balaban J connectivity index is 0.00000370. The van der Waals surface area contributed by atoms with Gasteiger partial charge in [-0.25, -0.2) is 4.98 Å². The minimum absolute atomic E-state index is 0. The fourth-order valence-corrected chi connectivity index (χ4v) is 4.92. The number of hydrogen-bond acceptors (Lipinski definition) is 4. The third-order valence-electron chi connectivity index (χ3n) is 6.91. The van der Waals surface area contributed by atoms with Gasteiger partial charge in [-0.2, -0.15) is 0 Å². The average Bonchev–Trinajstić information content (AvgIpc) is 2.90. The molecule has 0 bridgehead atoms. The van der Waals surface area contributed by atoms with E-state index in [0.717, 1.165) is 56.5 Å². The van der Waals surface area contributed by atoms with Gasteiger partial charge in [-0.3, -0.25) is 4.98 Å². The van der Waals surface area contributed by atoms with E-state index in [-0.39, 0.29) is 32.2 Å². The molecule has 0 radical (unpaired) electrons. The maximum Gasteiger partial charge on any atom is 0.136 e. The van der Waals surface area contributed by atoms with Crippen molar-refractivity contribution in [3.8, 4) is 28.3 Å². The first-order chi connectivity index (χ1) is 18.6. The Hall–Kier alpha value is -3.75. The van der Waals surface area contributed by atoms with Crippen LogP contribution in [-0.2, 0) is 26.5 Å². The largest absolute Gasteiger partial charge is 0.517 e. The van der Waals surface area contributed by atoms with Crippen LogP contribution in [0.5, 0.6) is 5.75 Å². The summed E-state index contributed by atoms with van der Waals surface area (Å²) in [6.45, 7) is 13.0. The monoisotopic (exact) mass is 707 g/mol. The molecule has 2 aromatic heterocycles. The van der Waals surface area contributed by atoms with Crippen molar-refractivity contribution in [1.29, 1.82) is 0 Å². The number of pyridine rings is 2. The van der Waals surface area contributed by atoms with Crippen LogP contribution >= 0.6 is 0 Å². The van der Waals surface area contributed by atoms with Crippen LogP contribution in [0.15, 0.2) is 91.0 Å². The smallest absolute Gasteiger partial charge is 0.136 e. The normalized spacial score (nSPS) is 11.2. The topological polar surface area (TPSA) is 49.2 Å². The Bertz CT molecular complexity index is 1630. The maximum absolute atomic E-state index is 10.6. The van der Waals surface area contributed by atoms with E-state index in [2.05, 4.69) is 57.7 Å². The Morgan fingerprint density at radius 3 is 2.00 bits per heavy atom. The van der Waals surface area contributed by atoms with Crippen LogP contribution in [0, 0.1) is 26.8 Å². The molecule has 0 aliphatic heterocycles. The molecule has 0 aliphatic rings. The Morgan fingerprint density at radius 2 is 1.35 bits per heavy atom. The number of aromatic nitrogens is 2. The molecule has 1 N–H and O–H groups in total. The number of anilines is 3. The molecule has 0 atom stereocenters. The van der Waals surface area contributed by atoms with Crippen LogP contribution in [0.3, 0.4) is 0 Å². The van der Waals surface area contributed by atoms with Crippen LogP contribution < -0.4 is 4.90 Å². The summed E-state index contributed by atoms with van der Waals surface area (Å²) < 4.78 is 0. The van der Waals surface area contributed by atoms with E-state index < -0.39 is 0 Å². The molecule has 0 spiro atoms. The number of phenolic OH excluding ortho intramolecular Hbond substituents is 1. The SMILES string of the molecule is Cc1cccc(-c2cccc(N(c3[c-]c(-c4ccccc4O)ccc3)c3c(C)cc(C(C)(C)C)cc3C)n2)n1.[Pt]. The van der Waals surface area contributed by atoms with Crippen LogP contribution in [0.1, 0.15) is 43.2 Å².